The van der Waals surface area contributed by atoms with Crippen LogP contribution < -0.4 is 4.90 Å². The minimum absolute atomic E-state index is 0.0377. The number of hydrogen-bond donors (Lipinski definition) is 0. The maximum absolute atomic E-state index is 12.6. The first-order valence-electron chi connectivity index (χ1n) is 9.86. The van der Waals surface area contributed by atoms with Gasteiger partial charge in [0.05, 0.1) is 52.2 Å². The highest BCUT2D eigenvalue weighted by molar-refractivity contribution is 6.03. The van der Waals surface area contributed by atoms with Crippen LogP contribution in [0.25, 0.3) is 0 Å². The molecule has 0 spiro atoms. The summed E-state index contributed by atoms with van der Waals surface area (Å²) in [7, 11) is 3.72. The van der Waals surface area contributed by atoms with Crippen LogP contribution in [0.4, 0.5) is 10.5 Å². The molecule has 0 radical (unpaired) electrons. The van der Waals surface area contributed by atoms with E-state index in [4.69, 9.17) is 23.7 Å². The number of rotatable bonds is 6. The van der Waals surface area contributed by atoms with E-state index >= 15 is 0 Å². The predicted octanol–water partition coefficient (Wildman–Crippen LogP) is 3.25. The Bertz CT molecular complexity index is 1010. The van der Waals surface area contributed by atoms with E-state index in [-0.39, 0.29) is 17.7 Å². The largest absolute Gasteiger partial charge is 0.465 e. The molecule has 0 N–H and O–H groups in total. The van der Waals surface area contributed by atoms with E-state index in [1.807, 2.05) is 13.0 Å². The molecule has 2 aromatic rings. The molecule has 1 saturated heterocycles. The van der Waals surface area contributed by atoms with Gasteiger partial charge in [0.25, 0.3) is 0 Å². The van der Waals surface area contributed by atoms with E-state index in [0.717, 1.165) is 5.56 Å². The molecule has 0 unspecified atom stereocenters. The minimum atomic E-state index is -0.905. The lowest BCUT2D eigenvalue weighted by atomic mass is 10.0. The lowest BCUT2D eigenvalue weighted by Gasteiger charge is -2.26. The Morgan fingerprint density at radius 1 is 0.906 bits per heavy atom. The minimum Gasteiger partial charge on any atom is -0.465 e. The summed E-state index contributed by atoms with van der Waals surface area (Å²) < 4.78 is 25.9. The maximum atomic E-state index is 12.6. The summed E-state index contributed by atoms with van der Waals surface area (Å²) in [5, 5.41) is 0. The fourth-order valence-electron chi connectivity index (χ4n) is 3.45. The van der Waals surface area contributed by atoms with Crippen LogP contribution in [0.1, 0.15) is 38.8 Å². The van der Waals surface area contributed by atoms with Crippen LogP contribution in [0.3, 0.4) is 0 Å². The standard InChI is InChI=1S/C23H25NO8/c1-23(31-10-11-32-23)16-6-5-7-17(13-16)24(22(27)30-4)14-15-8-9-18(20(25)28-2)19(12-15)21(26)29-3/h5-9,12-13H,10-11,14H2,1-4H3. The molecule has 0 atom stereocenters. The van der Waals surface area contributed by atoms with Crippen molar-refractivity contribution in [1.82, 2.24) is 0 Å². The van der Waals surface area contributed by atoms with Crippen molar-refractivity contribution in [1.29, 1.82) is 0 Å². The van der Waals surface area contributed by atoms with Crippen LogP contribution in [0.2, 0.25) is 0 Å². The van der Waals surface area contributed by atoms with E-state index in [1.54, 1.807) is 24.3 Å². The number of benzene rings is 2. The van der Waals surface area contributed by atoms with Crippen LogP contribution in [-0.4, -0.2) is 52.6 Å². The molecule has 1 aliphatic rings. The van der Waals surface area contributed by atoms with Gasteiger partial charge in [0.2, 0.25) is 0 Å². The summed E-state index contributed by atoms with van der Waals surface area (Å²) in [4.78, 5) is 38.2. The van der Waals surface area contributed by atoms with Gasteiger partial charge < -0.3 is 23.7 Å². The van der Waals surface area contributed by atoms with Crippen molar-refractivity contribution in [2.75, 3.05) is 39.4 Å². The second kappa shape index (κ2) is 9.80. The third-order valence-electron chi connectivity index (χ3n) is 5.15. The zero-order chi connectivity index (χ0) is 23.3. The average molecular weight is 443 g/mol. The molecule has 3 rings (SSSR count). The van der Waals surface area contributed by atoms with Gasteiger partial charge in [-0.05, 0) is 36.8 Å². The Kier molecular flexibility index (Phi) is 7.12. The lowest BCUT2D eigenvalue weighted by molar-refractivity contribution is -0.149. The van der Waals surface area contributed by atoms with Gasteiger partial charge in [0.1, 0.15) is 0 Å². The Morgan fingerprint density at radius 2 is 1.56 bits per heavy atom. The van der Waals surface area contributed by atoms with Gasteiger partial charge >= 0.3 is 18.0 Å². The molecule has 0 saturated carbocycles. The zero-order valence-corrected chi connectivity index (χ0v) is 18.4. The van der Waals surface area contributed by atoms with Crippen molar-refractivity contribution < 1.29 is 38.1 Å². The number of carbonyl (C=O) groups is 3. The first-order valence-corrected chi connectivity index (χ1v) is 9.86. The summed E-state index contributed by atoms with van der Waals surface area (Å²) in [6.45, 7) is 2.84. The van der Waals surface area contributed by atoms with Crippen molar-refractivity contribution in [3.63, 3.8) is 0 Å². The van der Waals surface area contributed by atoms with Gasteiger partial charge in [-0.1, -0.05) is 18.2 Å². The number of carbonyl (C=O) groups excluding carboxylic acids is 3. The Balaban J connectivity index is 1.97. The molecule has 1 fully saturated rings. The smallest absolute Gasteiger partial charge is 0.414 e. The quantitative estimate of drug-likeness (QED) is 0.495. The second-order valence-electron chi connectivity index (χ2n) is 7.11. The zero-order valence-electron chi connectivity index (χ0n) is 18.4. The van der Waals surface area contributed by atoms with E-state index in [0.29, 0.717) is 24.5 Å². The van der Waals surface area contributed by atoms with Crippen molar-refractivity contribution in [3.8, 4) is 0 Å². The topological polar surface area (TPSA) is 101 Å². The Hall–Kier alpha value is -3.43. The molecule has 2 aromatic carbocycles. The van der Waals surface area contributed by atoms with Gasteiger partial charge in [0, 0.05) is 11.3 Å². The molecular formula is C23H25NO8. The van der Waals surface area contributed by atoms with E-state index in [2.05, 4.69) is 0 Å². The fourth-order valence-corrected chi connectivity index (χ4v) is 3.45. The molecule has 170 valence electrons. The number of hydrogen-bond acceptors (Lipinski definition) is 8. The summed E-state index contributed by atoms with van der Waals surface area (Å²) in [5.74, 6) is -2.26. The van der Waals surface area contributed by atoms with E-state index in [9.17, 15) is 14.4 Å². The number of amides is 1. The van der Waals surface area contributed by atoms with E-state index < -0.39 is 23.8 Å². The second-order valence-corrected chi connectivity index (χ2v) is 7.11. The number of methoxy groups -OCH3 is 3. The molecule has 1 aliphatic heterocycles. The molecule has 32 heavy (non-hydrogen) atoms. The molecule has 0 aromatic heterocycles. The molecule has 9 heteroatoms. The normalized spacial score (nSPS) is 14.5. The average Bonchev–Trinajstić information content (AvgIpc) is 3.28. The van der Waals surface area contributed by atoms with E-state index in [1.165, 1.54) is 38.4 Å². The van der Waals surface area contributed by atoms with Crippen LogP contribution in [0, 0.1) is 0 Å². The van der Waals surface area contributed by atoms with Gasteiger partial charge in [-0.15, -0.1) is 0 Å². The molecule has 0 aliphatic carbocycles. The molecule has 1 heterocycles. The number of ether oxygens (including phenoxy) is 5. The molecular weight excluding hydrogens is 418 g/mol. The summed E-state index contributed by atoms with van der Waals surface area (Å²) in [6, 6.07) is 11.8. The monoisotopic (exact) mass is 443 g/mol. The number of anilines is 1. The maximum Gasteiger partial charge on any atom is 0.414 e. The highest BCUT2D eigenvalue weighted by Crippen LogP contribution is 2.33. The number of nitrogens with zero attached hydrogens (tertiary/aromatic N) is 1. The molecule has 0 bridgehead atoms. The van der Waals surface area contributed by atoms with Crippen molar-refractivity contribution in [2.45, 2.75) is 19.3 Å². The van der Waals surface area contributed by atoms with Crippen LogP contribution >= 0.6 is 0 Å². The van der Waals surface area contributed by atoms with Gasteiger partial charge in [-0.3, -0.25) is 4.90 Å². The SMILES string of the molecule is COC(=O)c1ccc(CN(C(=O)OC)c2cccc(C3(C)OCCO3)c2)cc1C(=O)OC. The van der Waals surface area contributed by atoms with Gasteiger partial charge in [-0.25, -0.2) is 14.4 Å². The molecule has 9 nitrogen and oxygen atoms in total. The highest BCUT2D eigenvalue weighted by atomic mass is 16.7. The summed E-state index contributed by atoms with van der Waals surface area (Å²) in [6.07, 6.45) is -0.600. The first-order chi connectivity index (χ1) is 15.3. The lowest BCUT2D eigenvalue weighted by Crippen LogP contribution is -2.31. The third-order valence-corrected chi connectivity index (χ3v) is 5.15. The Labute approximate surface area is 185 Å². The van der Waals surface area contributed by atoms with Crippen LogP contribution in [0.15, 0.2) is 42.5 Å². The third kappa shape index (κ3) is 4.74. The van der Waals surface area contributed by atoms with Crippen molar-refractivity contribution >= 4 is 23.7 Å². The number of esters is 2. The summed E-state index contributed by atoms with van der Waals surface area (Å²) in [5.41, 5.74) is 1.98. The van der Waals surface area contributed by atoms with Crippen LogP contribution in [-0.2, 0) is 36.0 Å². The Morgan fingerprint density at radius 3 is 2.19 bits per heavy atom. The molecule has 1 amide bonds. The van der Waals surface area contributed by atoms with Gasteiger partial charge in [0.15, 0.2) is 5.79 Å². The predicted molar refractivity (Wildman–Crippen MR) is 113 cm³/mol. The first kappa shape index (κ1) is 23.2. The van der Waals surface area contributed by atoms with Crippen LogP contribution in [0.5, 0.6) is 0 Å². The van der Waals surface area contributed by atoms with Crippen molar-refractivity contribution in [3.05, 3.63) is 64.7 Å². The van der Waals surface area contributed by atoms with Crippen molar-refractivity contribution in [2.24, 2.45) is 0 Å². The summed E-state index contributed by atoms with van der Waals surface area (Å²) >= 11 is 0. The fraction of sp³-hybridized carbons (Fsp3) is 0.348. The van der Waals surface area contributed by atoms with Gasteiger partial charge in [-0.2, -0.15) is 0 Å². The highest BCUT2D eigenvalue weighted by Gasteiger charge is 2.34.